The number of thiazole rings is 1. The molecule has 0 N–H and O–H groups in total. The number of carbonyl (C=O) groups excluding carboxylic acids is 1. The van der Waals surface area contributed by atoms with Crippen molar-refractivity contribution < 1.29 is 4.79 Å². The van der Waals surface area contributed by atoms with Crippen LogP contribution >= 0.6 is 23.1 Å². The Labute approximate surface area is 154 Å². The molecule has 25 heavy (non-hydrogen) atoms. The second kappa shape index (κ2) is 7.84. The molecular weight excluding hydrogens is 354 g/mol. The lowest BCUT2D eigenvalue weighted by Crippen LogP contribution is -2.27. The van der Waals surface area contributed by atoms with Crippen LogP contribution in [0.2, 0.25) is 0 Å². The van der Waals surface area contributed by atoms with Gasteiger partial charge in [-0.15, -0.1) is 23.1 Å². The molecule has 1 aromatic carbocycles. The molecule has 1 amide bonds. The van der Waals surface area contributed by atoms with E-state index in [0.29, 0.717) is 28.7 Å². The Hall–Kier alpha value is -2.12. The number of rotatable bonds is 6. The normalized spacial score (nSPS) is 11.0. The van der Waals surface area contributed by atoms with Crippen molar-refractivity contribution in [2.45, 2.75) is 19.2 Å². The van der Waals surface area contributed by atoms with Crippen LogP contribution in [0, 0.1) is 6.92 Å². The topological polar surface area (TPSA) is 54.7 Å². The first-order valence-electron chi connectivity index (χ1n) is 7.86. The molecule has 0 unspecified atom stereocenters. The van der Waals surface area contributed by atoms with Crippen molar-refractivity contribution in [3.8, 4) is 0 Å². The maximum Gasteiger partial charge on any atom is 0.258 e. The van der Waals surface area contributed by atoms with E-state index in [0.717, 1.165) is 5.56 Å². The zero-order valence-electron chi connectivity index (χ0n) is 14.1. The van der Waals surface area contributed by atoms with Crippen LogP contribution in [0.15, 0.2) is 46.7 Å². The number of aryl methyl sites for hydroxylation is 1. The molecule has 7 heteroatoms. The van der Waals surface area contributed by atoms with E-state index in [-0.39, 0.29) is 11.5 Å². The molecule has 130 valence electrons. The van der Waals surface area contributed by atoms with Crippen LogP contribution in [0.1, 0.15) is 16.8 Å². The van der Waals surface area contributed by atoms with E-state index in [4.69, 9.17) is 0 Å². The fourth-order valence-electron chi connectivity index (χ4n) is 2.37. The maximum absolute atomic E-state index is 12.3. The maximum atomic E-state index is 12.3. The largest absolute Gasteiger partial charge is 0.341 e. The minimum absolute atomic E-state index is 0.0690. The summed E-state index contributed by atoms with van der Waals surface area (Å²) in [6.45, 7) is 2.64. The van der Waals surface area contributed by atoms with Crippen LogP contribution in [-0.2, 0) is 17.1 Å². The minimum atomic E-state index is -0.0790. The predicted octanol–water partition coefficient (Wildman–Crippen LogP) is 2.96. The van der Waals surface area contributed by atoms with Crippen molar-refractivity contribution in [2.75, 3.05) is 12.8 Å². The van der Waals surface area contributed by atoms with Crippen molar-refractivity contribution in [3.63, 3.8) is 0 Å². The highest BCUT2D eigenvalue weighted by Gasteiger charge is 2.10. The first-order chi connectivity index (χ1) is 12.0. The van der Waals surface area contributed by atoms with E-state index in [1.807, 2.05) is 43.6 Å². The van der Waals surface area contributed by atoms with Gasteiger partial charge in [0.15, 0.2) is 4.96 Å². The SMILES string of the molecule is Cc1ccc(CN(C)C(=O)CSCc2cc(=O)n3ccsc3n2)cc1. The third-order valence-electron chi connectivity index (χ3n) is 3.80. The van der Waals surface area contributed by atoms with E-state index >= 15 is 0 Å². The molecule has 5 nitrogen and oxygen atoms in total. The zero-order chi connectivity index (χ0) is 17.8. The number of thioether (sulfide) groups is 1. The molecule has 0 aliphatic heterocycles. The fourth-order valence-corrected chi connectivity index (χ4v) is 3.96. The molecule has 0 saturated carbocycles. The molecule has 2 aromatic heterocycles. The summed E-state index contributed by atoms with van der Waals surface area (Å²) in [6.07, 6.45) is 1.72. The van der Waals surface area contributed by atoms with E-state index in [1.54, 1.807) is 11.1 Å². The Morgan fingerprint density at radius 2 is 2.08 bits per heavy atom. The lowest BCUT2D eigenvalue weighted by atomic mass is 10.1. The molecule has 0 aliphatic rings. The van der Waals surface area contributed by atoms with E-state index in [2.05, 4.69) is 4.98 Å². The highest BCUT2D eigenvalue weighted by Crippen LogP contribution is 2.14. The Morgan fingerprint density at radius 1 is 1.32 bits per heavy atom. The first kappa shape index (κ1) is 17.7. The summed E-state index contributed by atoms with van der Waals surface area (Å²) in [5.41, 5.74) is 2.96. The van der Waals surface area contributed by atoms with Crippen molar-refractivity contribution in [1.82, 2.24) is 14.3 Å². The Morgan fingerprint density at radius 3 is 2.84 bits per heavy atom. The molecule has 3 aromatic rings. The number of carbonyl (C=O) groups is 1. The van der Waals surface area contributed by atoms with E-state index in [9.17, 15) is 9.59 Å². The molecule has 0 bridgehead atoms. The van der Waals surface area contributed by atoms with Crippen LogP contribution < -0.4 is 5.56 Å². The van der Waals surface area contributed by atoms with Gasteiger partial charge in [0.25, 0.3) is 5.56 Å². The summed E-state index contributed by atoms with van der Waals surface area (Å²) >= 11 is 2.91. The second-order valence-corrected chi connectivity index (χ2v) is 7.73. The third kappa shape index (κ3) is 4.49. The number of aromatic nitrogens is 2. The summed E-state index contributed by atoms with van der Waals surface area (Å²) in [6, 6.07) is 9.72. The van der Waals surface area contributed by atoms with Gasteiger partial charge < -0.3 is 4.90 Å². The molecule has 3 rings (SSSR count). The number of amides is 1. The van der Waals surface area contributed by atoms with Crippen molar-refractivity contribution >= 4 is 34.0 Å². The van der Waals surface area contributed by atoms with E-state index in [1.165, 1.54) is 39.1 Å². The number of nitrogens with zero attached hydrogens (tertiary/aromatic N) is 3. The zero-order valence-corrected chi connectivity index (χ0v) is 15.8. The second-order valence-electron chi connectivity index (χ2n) is 5.87. The summed E-state index contributed by atoms with van der Waals surface area (Å²) in [5, 5.41) is 1.84. The van der Waals surface area contributed by atoms with Crippen LogP contribution in [0.25, 0.3) is 4.96 Å². The highest BCUT2D eigenvalue weighted by molar-refractivity contribution is 7.99. The number of hydrogen-bond acceptors (Lipinski definition) is 5. The fraction of sp³-hybridized carbons (Fsp3) is 0.278. The van der Waals surface area contributed by atoms with Gasteiger partial charge in [-0.1, -0.05) is 29.8 Å². The standard InChI is InChI=1S/C18H19N3O2S2/c1-13-3-5-14(6-4-13)10-20(2)17(23)12-24-11-15-9-16(22)21-7-8-25-18(21)19-15/h3-9H,10-12H2,1-2H3. The summed E-state index contributed by atoms with van der Waals surface area (Å²) < 4.78 is 1.53. The average Bonchev–Trinajstić information content (AvgIpc) is 3.06. The molecular formula is C18H19N3O2S2. The van der Waals surface area contributed by atoms with Crippen LogP contribution in [0.4, 0.5) is 0 Å². The lowest BCUT2D eigenvalue weighted by molar-refractivity contribution is -0.127. The van der Waals surface area contributed by atoms with Crippen molar-refractivity contribution in [2.24, 2.45) is 0 Å². The van der Waals surface area contributed by atoms with Gasteiger partial charge in [-0.25, -0.2) is 4.98 Å². The Bertz CT molecular complexity index is 931. The third-order valence-corrected chi connectivity index (χ3v) is 5.51. The van der Waals surface area contributed by atoms with Gasteiger partial charge in [0.1, 0.15) is 0 Å². The van der Waals surface area contributed by atoms with Gasteiger partial charge in [-0.2, -0.15) is 0 Å². The van der Waals surface area contributed by atoms with Crippen molar-refractivity contribution in [1.29, 1.82) is 0 Å². The molecule has 0 fully saturated rings. The van der Waals surface area contributed by atoms with Gasteiger partial charge in [0, 0.05) is 37.0 Å². The van der Waals surface area contributed by atoms with Gasteiger partial charge in [0.05, 0.1) is 11.4 Å². The summed E-state index contributed by atoms with van der Waals surface area (Å²) in [5.74, 6) is 0.987. The quantitative estimate of drug-likeness (QED) is 0.667. The lowest BCUT2D eigenvalue weighted by Gasteiger charge is -2.17. The van der Waals surface area contributed by atoms with Gasteiger partial charge in [0.2, 0.25) is 5.91 Å². The number of hydrogen-bond donors (Lipinski definition) is 0. The number of benzene rings is 1. The monoisotopic (exact) mass is 373 g/mol. The molecule has 0 radical (unpaired) electrons. The van der Waals surface area contributed by atoms with Gasteiger partial charge >= 0.3 is 0 Å². The van der Waals surface area contributed by atoms with E-state index < -0.39 is 0 Å². The first-order valence-corrected chi connectivity index (χ1v) is 9.89. The smallest absolute Gasteiger partial charge is 0.258 e. The van der Waals surface area contributed by atoms with Crippen molar-refractivity contribution in [3.05, 3.63) is 69.1 Å². The van der Waals surface area contributed by atoms with Crippen LogP contribution in [0.5, 0.6) is 0 Å². The average molecular weight is 374 g/mol. The summed E-state index contributed by atoms with van der Waals surface area (Å²) in [4.78, 5) is 31.1. The highest BCUT2D eigenvalue weighted by atomic mass is 32.2. The predicted molar refractivity (Wildman–Crippen MR) is 103 cm³/mol. The van der Waals surface area contributed by atoms with Gasteiger partial charge in [-0.05, 0) is 12.5 Å². The minimum Gasteiger partial charge on any atom is -0.341 e. The molecule has 2 heterocycles. The Kier molecular flexibility index (Phi) is 5.55. The molecule has 0 aliphatic carbocycles. The van der Waals surface area contributed by atoms with Crippen LogP contribution in [-0.4, -0.2) is 33.0 Å². The van der Waals surface area contributed by atoms with Gasteiger partial charge in [-0.3, -0.25) is 14.0 Å². The summed E-state index contributed by atoms with van der Waals surface area (Å²) in [7, 11) is 1.81. The molecule has 0 saturated heterocycles. The molecule has 0 spiro atoms. The number of fused-ring (bicyclic) bond motifs is 1. The molecule has 0 atom stereocenters. The Balaban J connectivity index is 1.52. The van der Waals surface area contributed by atoms with Crippen LogP contribution in [0.3, 0.4) is 0 Å².